The molecular formula is C23H31N3O4. The number of amides is 4. The number of hydrogen-bond donors (Lipinski definition) is 2. The first-order chi connectivity index (χ1) is 14.3. The predicted octanol–water partition coefficient (Wildman–Crippen LogP) is 2.78. The summed E-state index contributed by atoms with van der Waals surface area (Å²) in [6.45, 7) is 5.20. The average Bonchev–Trinajstić information content (AvgIpc) is 3.00. The molecule has 1 saturated carbocycles. The highest BCUT2D eigenvalue weighted by Gasteiger charge is 2.45. The van der Waals surface area contributed by atoms with Crippen LogP contribution in [0.25, 0.3) is 0 Å². The highest BCUT2D eigenvalue weighted by atomic mass is 16.3. The molecule has 1 aromatic rings. The minimum absolute atomic E-state index is 0.0453. The van der Waals surface area contributed by atoms with Crippen molar-refractivity contribution in [3.05, 3.63) is 29.8 Å². The molecule has 4 amide bonds. The number of carbonyl (C=O) groups excluding carboxylic acids is 3. The molecule has 0 aromatic heterocycles. The van der Waals surface area contributed by atoms with Gasteiger partial charge < -0.3 is 15.3 Å². The third-order valence-electron chi connectivity index (χ3n) is 7.00. The summed E-state index contributed by atoms with van der Waals surface area (Å²) in [6, 6.07) is 6.03. The van der Waals surface area contributed by atoms with Crippen molar-refractivity contribution in [2.45, 2.75) is 69.9 Å². The number of piperidine rings is 1. The van der Waals surface area contributed by atoms with Crippen LogP contribution >= 0.6 is 0 Å². The fourth-order valence-corrected chi connectivity index (χ4v) is 5.02. The van der Waals surface area contributed by atoms with Crippen molar-refractivity contribution in [1.82, 2.24) is 10.2 Å². The topological polar surface area (TPSA) is 90.0 Å². The number of likely N-dealkylation sites (tertiary alicyclic amines) is 1. The van der Waals surface area contributed by atoms with E-state index in [-0.39, 0.29) is 18.2 Å². The highest BCUT2D eigenvalue weighted by Crippen LogP contribution is 2.40. The fourth-order valence-electron chi connectivity index (χ4n) is 5.02. The van der Waals surface area contributed by atoms with Crippen LogP contribution in [0.4, 0.5) is 10.5 Å². The van der Waals surface area contributed by atoms with E-state index in [9.17, 15) is 19.5 Å². The lowest BCUT2D eigenvalue weighted by Crippen LogP contribution is -2.55. The van der Waals surface area contributed by atoms with Gasteiger partial charge in [-0.25, -0.2) is 9.69 Å². The summed E-state index contributed by atoms with van der Waals surface area (Å²) in [6.07, 6.45) is 4.40. The Kier molecular flexibility index (Phi) is 5.57. The Hall–Kier alpha value is -2.41. The molecule has 2 heterocycles. The van der Waals surface area contributed by atoms with Gasteiger partial charge in [0.15, 0.2) is 0 Å². The third kappa shape index (κ3) is 3.83. The second-order valence-corrected chi connectivity index (χ2v) is 9.26. The van der Waals surface area contributed by atoms with Crippen molar-refractivity contribution in [2.75, 3.05) is 18.0 Å². The number of urea groups is 1. The van der Waals surface area contributed by atoms with Gasteiger partial charge in [-0.05, 0) is 42.9 Å². The lowest BCUT2D eigenvalue weighted by Gasteiger charge is -2.47. The lowest BCUT2D eigenvalue weighted by molar-refractivity contribution is -0.144. The van der Waals surface area contributed by atoms with Gasteiger partial charge in [0.05, 0.1) is 17.7 Å². The molecule has 2 N–H and O–H groups in total. The van der Waals surface area contributed by atoms with Crippen molar-refractivity contribution >= 4 is 23.5 Å². The standard InChI is InChI=1S/C23H31N3O4/c1-15(2)16-6-8-18(9-7-16)26-21(28)19(24-22(26)29)13-20(27)25-12-11-23(30)10-4-3-5-17(23)14-25/h6-9,15,17,19,30H,3-5,10-14H2,1-2H3,(H,24,29)/t17-,19+,23+/m0/s1. The zero-order valence-corrected chi connectivity index (χ0v) is 17.8. The van der Waals surface area contributed by atoms with E-state index in [0.29, 0.717) is 31.1 Å². The molecule has 162 valence electrons. The van der Waals surface area contributed by atoms with Gasteiger partial charge >= 0.3 is 6.03 Å². The van der Waals surface area contributed by atoms with Crippen molar-refractivity contribution in [1.29, 1.82) is 0 Å². The number of nitrogens with one attached hydrogen (secondary N) is 1. The van der Waals surface area contributed by atoms with Gasteiger partial charge in [0, 0.05) is 19.0 Å². The van der Waals surface area contributed by atoms with E-state index in [4.69, 9.17) is 0 Å². The quantitative estimate of drug-likeness (QED) is 0.743. The Bertz CT molecular complexity index is 837. The van der Waals surface area contributed by atoms with Crippen LogP contribution in [0.5, 0.6) is 0 Å². The molecule has 7 nitrogen and oxygen atoms in total. The molecule has 1 aliphatic carbocycles. The van der Waals surface area contributed by atoms with E-state index < -0.39 is 23.6 Å². The Labute approximate surface area is 177 Å². The second kappa shape index (κ2) is 8.02. The summed E-state index contributed by atoms with van der Waals surface area (Å²) in [5.74, 6) is -0.0669. The molecule has 1 aromatic carbocycles. The van der Waals surface area contributed by atoms with E-state index in [0.717, 1.165) is 36.1 Å². The fraction of sp³-hybridized carbons (Fsp3) is 0.609. The van der Waals surface area contributed by atoms with Crippen molar-refractivity contribution in [3.63, 3.8) is 0 Å². The number of nitrogens with zero attached hydrogens (tertiary/aromatic N) is 2. The Morgan fingerprint density at radius 3 is 2.63 bits per heavy atom. The van der Waals surface area contributed by atoms with Gasteiger partial charge in [0.2, 0.25) is 5.91 Å². The molecule has 4 rings (SSSR count). The minimum atomic E-state index is -0.845. The molecule has 7 heteroatoms. The number of fused-ring (bicyclic) bond motifs is 1. The average molecular weight is 414 g/mol. The molecule has 0 radical (unpaired) electrons. The Balaban J connectivity index is 1.40. The first kappa shape index (κ1) is 20.8. The van der Waals surface area contributed by atoms with Gasteiger partial charge in [-0.15, -0.1) is 0 Å². The summed E-state index contributed by atoms with van der Waals surface area (Å²) < 4.78 is 0. The molecule has 0 spiro atoms. The van der Waals surface area contributed by atoms with Crippen LogP contribution in [0, 0.1) is 5.92 Å². The molecule has 30 heavy (non-hydrogen) atoms. The van der Waals surface area contributed by atoms with Gasteiger partial charge in [-0.1, -0.05) is 38.8 Å². The van der Waals surface area contributed by atoms with Gasteiger partial charge in [0.1, 0.15) is 6.04 Å². The minimum Gasteiger partial charge on any atom is -0.389 e. The number of rotatable bonds is 4. The largest absolute Gasteiger partial charge is 0.389 e. The number of imide groups is 1. The molecule has 2 aliphatic heterocycles. The normalized spacial score (nSPS) is 29.2. The highest BCUT2D eigenvalue weighted by molar-refractivity contribution is 6.22. The smallest absolute Gasteiger partial charge is 0.329 e. The second-order valence-electron chi connectivity index (χ2n) is 9.26. The van der Waals surface area contributed by atoms with Crippen LogP contribution in [0.3, 0.4) is 0 Å². The van der Waals surface area contributed by atoms with E-state index in [1.165, 1.54) is 0 Å². The summed E-state index contributed by atoms with van der Waals surface area (Å²) in [7, 11) is 0. The first-order valence-corrected chi connectivity index (χ1v) is 11.0. The summed E-state index contributed by atoms with van der Waals surface area (Å²) in [5.41, 5.74) is 0.998. The van der Waals surface area contributed by atoms with E-state index in [2.05, 4.69) is 19.2 Å². The number of hydrogen-bond acceptors (Lipinski definition) is 4. The third-order valence-corrected chi connectivity index (χ3v) is 7.00. The van der Waals surface area contributed by atoms with Crippen LogP contribution in [0.2, 0.25) is 0 Å². The molecule has 0 bridgehead atoms. The van der Waals surface area contributed by atoms with Gasteiger partial charge in [-0.3, -0.25) is 9.59 Å². The molecule has 2 saturated heterocycles. The van der Waals surface area contributed by atoms with Crippen LogP contribution in [-0.4, -0.2) is 52.6 Å². The summed E-state index contributed by atoms with van der Waals surface area (Å²) in [4.78, 5) is 41.0. The van der Waals surface area contributed by atoms with Crippen LogP contribution in [-0.2, 0) is 9.59 Å². The number of benzene rings is 1. The van der Waals surface area contributed by atoms with Crippen LogP contribution < -0.4 is 10.2 Å². The van der Waals surface area contributed by atoms with Crippen LogP contribution in [0.1, 0.15) is 63.9 Å². The maximum Gasteiger partial charge on any atom is 0.329 e. The van der Waals surface area contributed by atoms with Gasteiger partial charge in [0.25, 0.3) is 5.91 Å². The Morgan fingerprint density at radius 2 is 1.93 bits per heavy atom. The van der Waals surface area contributed by atoms with E-state index in [1.54, 1.807) is 17.0 Å². The van der Waals surface area contributed by atoms with Crippen molar-refractivity contribution < 1.29 is 19.5 Å². The zero-order chi connectivity index (χ0) is 21.5. The van der Waals surface area contributed by atoms with Crippen LogP contribution in [0.15, 0.2) is 24.3 Å². The molecule has 0 unspecified atom stereocenters. The monoisotopic (exact) mass is 413 g/mol. The molecule has 3 fully saturated rings. The number of aliphatic hydroxyl groups is 1. The van der Waals surface area contributed by atoms with Gasteiger partial charge in [-0.2, -0.15) is 0 Å². The number of anilines is 1. The van der Waals surface area contributed by atoms with E-state index >= 15 is 0 Å². The predicted molar refractivity (Wildman–Crippen MR) is 113 cm³/mol. The van der Waals surface area contributed by atoms with Crippen molar-refractivity contribution in [3.8, 4) is 0 Å². The zero-order valence-electron chi connectivity index (χ0n) is 17.8. The maximum atomic E-state index is 12.9. The first-order valence-electron chi connectivity index (χ1n) is 11.0. The molecule has 3 aliphatic rings. The van der Waals surface area contributed by atoms with Crippen molar-refractivity contribution in [2.24, 2.45) is 5.92 Å². The summed E-state index contributed by atoms with van der Waals surface area (Å²) >= 11 is 0. The lowest BCUT2D eigenvalue weighted by atomic mass is 9.71. The maximum absolute atomic E-state index is 12.9. The molecule has 3 atom stereocenters. The van der Waals surface area contributed by atoms with E-state index in [1.807, 2.05) is 12.1 Å². The SMILES string of the molecule is CC(C)c1ccc(N2C(=O)N[C@H](CC(=O)N3CC[C@]4(O)CCCC[C@H]4C3)C2=O)cc1. The summed E-state index contributed by atoms with van der Waals surface area (Å²) in [5, 5.41) is 13.5. The molecular weight excluding hydrogens is 382 g/mol. The number of carbonyl (C=O) groups is 3. The Morgan fingerprint density at radius 1 is 1.20 bits per heavy atom.